The lowest BCUT2D eigenvalue weighted by molar-refractivity contribution is -0.140. The third kappa shape index (κ3) is 3.41. The Kier molecular flexibility index (Phi) is 4.69. The van der Waals surface area contributed by atoms with Gasteiger partial charge in [-0.3, -0.25) is 24.3 Å². The van der Waals surface area contributed by atoms with E-state index in [1.54, 1.807) is 12.4 Å². The molecule has 0 aromatic carbocycles. The molecule has 1 aliphatic carbocycles. The third-order valence-electron chi connectivity index (χ3n) is 4.71. The van der Waals surface area contributed by atoms with Gasteiger partial charge < -0.3 is 5.32 Å². The highest BCUT2D eigenvalue weighted by molar-refractivity contribution is 6.05. The average molecular weight is 315 g/mol. The summed E-state index contributed by atoms with van der Waals surface area (Å²) in [7, 11) is 0. The maximum atomic E-state index is 12.3. The predicted octanol–water partition coefficient (Wildman–Crippen LogP) is 1.26. The molecule has 2 heterocycles. The predicted molar refractivity (Wildman–Crippen MR) is 82.9 cm³/mol. The van der Waals surface area contributed by atoms with Gasteiger partial charge in [-0.15, -0.1) is 0 Å². The summed E-state index contributed by atoms with van der Waals surface area (Å²) in [5.74, 6) is -0.617. The van der Waals surface area contributed by atoms with Crippen LogP contribution < -0.4 is 5.32 Å². The molecule has 0 bridgehead atoms. The van der Waals surface area contributed by atoms with Crippen LogP contribution in [0.25, 0.3) is 0 Å². The maximum Gasteiger partial charge on any atom is 0.233 e. The lowest BCUT2D eigenvalue weighted by Gasteiger charge is -2.19. The molecule has 0 spiro atoms. The smallest absolute Gasteiger partial charge is 0.233 e. The van der Waals surface area contributed by atoms with Crippen molar-refractivity contribution in [1.82, 2.24) is 15.2 Å². The van der Waals surface area contributed by atoms with Gasteiger partial charge in [-0.1, -0.05) is 18.9 Å². The van der Waals surface area contributed by atoms with E-state index in [9.17, 15) is 14.4 Å². The summed E-state index contributed by atoms with van der Waals surface area (Å²) in [5.41, 5.74) is 0.917. The van der Waals surface area contributed by atoms with Crippen molar-refractivity contribution in [1.29, 1.82) is 0 Å². The fourth-order valence-electron chi connectivity index (χ4n) is 3.46. The number of amides is 3. The van der Waals surface area contributed by atoms with Crippen molar-refractivity contribution in [3.8, 4) is 0 Å². The van der Waals surface area contributed by atoms with Gasteiger partial charge in [-0.25, -0.2) is 0 Å². The minimum atomic E-state index is -0.163. The Morgan fingerprint density at radius 1 is 1.22 bits per heavy atom. The van der Waals surface area contributed by atoms with Gasteiger partial charge in [0.05, 0.1) is 11.8 Å². The standard InChI is InChI=1S/C17H21N3O3/c21-15(19-11-12-4-3-8-18-10-12)7-9-20-16(22)13-5-1-2-6-14(13)17(20)23/h3-4,8,10,13-14H,1-2,5-7,9,11H2,(H,19,21)/t13-,14-/m0/s1. The number of hydrogen-bond acceptors (Lipinski definition) is 4. The molecule has 6 nitrogen and oxygen atoms in total. The number of hydrogen-bond donors (Lipinski definition) is 1. The summed E-state index contributed by atoms with van der Waals surface area (Å²) >= 11 is 0. The maximum absolute atomic E-state index is 12.3. The molecule has 2 atom stereocenters. The summed E-state index contributed by atoms with van der Waals surface area (Å²) in [4.78, 5) is 41.8. The summed E-state index contributed by atoms with van der Waals surface area (Å²) in [6, 6.07) is 3.69. The van der Waals surface area contributed by atoms with Gasteiger partial charge >= 0.3 is 0 Å². The first kappa shape index (κ1) is 15.6. The number of nitrogens with zero attached hydrogens (tertiary/aromatic N) is 2. The molecule has 1 saturated heterocycles. The van der Waals surface area contributed by atoms with Crippen LogP contribution in [0.3, 0.4) is 0 Å². The van der Waals surface area contributed by atoms with Crippen molar-refractivity contribution in [3.63, 3.8) is 0 Å². The zero-order valence-corrected chi connectivity index (χ0v) is 13.0. The number of fused-ring (bicyclic) bond motifs is 1. The first-order valence-electron chi connectivity index (χ1n) is 8.17. The normalized spacial score (nSPS) is 23.7. The molecule has 0 unspecified atom stereocenters. The molecule has 0 radical (unpaired) electrons. The van der Waals surface area contributed by atoms with E-state index < -0.39 is 0 Å². The SMILES string of the molecule is O=C(CCN1C(=O)[C@H]2CCCC[C@@H]2C1=O)NCc1cccnc1. The summed E-state index contributed by atoms with van der Waals surface area (Å²) in [6.45, 7) is 0.587. The van der Waals surface area contributed by atoms with Gasteiger partial charge in [0.2, 0.25) is 17.7 Å². The molecule has 1 saturated carbocycles. The molecule has 1 aromatic heterocycles. The van der Waals surface area contributed by atoms with Gasteiger partial charge in [0, 0.05) is 31.9 Å². The zero-order valence-electron chi connectivity index (χ0n) is 13.0. The lowest BCUT2D eigenvalue weighted by Crippen LogP contribution is -2.35. The van der Waals surface area contributed by atoms with Crippen LogP contribution in [-0.4, -0.2) is 34.2 Å². The van der Waals surface area contributed by atoms with E-state index in [1.165, 1.54) is 4.90 Å². The quantitative estimate of drug-likeness (QED) is 0.830. The molecule has 1 N–H and O–H groups in total. The highest BCUT2D eigenvalue weighted by Crippen LogP contribution is 2.37. The second-order valence-electron chi connectivity index (χ2n) is 6.21. The Morgan fingerprint density at radius 2 is 1.91 bits per heavy atom. The Hall–Kier alpha value is -2.24. The van der Waals surface area contributed by atoms with Gasteiger partial charge in [0.25, 0.3) is 0 Å². The van der Waals surface area contributed by atoms with Crippen LogP contribution in [0, 0.1) is 11.8 Å². The molecule has 122 valence electrons. The first-order valence-corrected chi connectivity index (χ1v) is 8.17. The van der Waals surface area contributed by atoms with E-state index in [0.717, 1.165) is 31.2 Å². The van der Waals surface area contributed by atoms with Crippen molar-refractivity contribution in [2.45, 2.75) is 38.6 Å². The Bertz CT molecular complexity index is 578. The van der Waals surface area contributed by atoms with Crippen molar-refractivity contribution in [2.24, 2.45) is 11.8 Å². The molecule has 1 aromatic rings. The van der Waals surface area contributed by atoms with Crippen LogP contribution >= 0.6 is 0 Å². The molecule has 6 heteroatoms. The second-order valence-corrected chi connectivity index (χ2v) is 6.21. The zero-order chi connectivity index (χ0) is 16.2. The average Bonchev–Trinajstić information content (AvgIpc) is 2.83. The van der Waals surface area contributed by atoms with Crippen LogP contribution in [0.5, 0.6) is 0 Å². The number of nitrogens with one attached hydrogen (secondary N) is 1. The van der Waals surface area contributed by atoms with Crippen LogP contribution in [0.2, 0.25) is 0 Å². The van der Waals surface area contributed by atoms with E-state index in [4.69, 9.17) is 0 Å². The Morgan fingerprint density at radius 3 is 2.52 bits per heavy atom. The van der Waals surface area contributed by atoms with E-state index >= 15 is 0 Å². The van der Waals surface area contributed by atoms with E-state index in [1.807, 2.05) is 12.1 Å². The second kappa shape index (κ2) is 6.89. The number of imide groups is 1. The topological polar surface area (TPSA) is 79.4 Å². The Balaban J connectivity index is 1.49. The largest absolute Gasteiger partial charge is 0.352 e. The van der Waals surface area contributed by atoms with E-state index in [-0.39, 0.29) is 42.5 Å². The molecule has 2 fully saturated rings. The minimum Gasteiger partial charge on any atom is -0.352 e. The molecule has 2 aliphatic rings. The summed E-state index contributed by atoms with van der Waals surface area (Å²) in [5, 5.41) is 2.79. The molecule has 3 amide bonds. The number of likely N-dealkylation sites (tertiary alicyclic amines) is 1. The number of carbonyl (C=O) groups excluding carboxylic acids is 3. The van der Waals surface area contributed by atoms with Gasteiger partial charge in [-0.2, -0.15) is 0 Å². The fraction of sp³-hybridized carbons (Fsp3) is 0.529. The monoisotopic (exact) mass is 315 g/mol. The van der Waals surface area contributed by atoms with Crippen LogP contribution in [-0.2, 0) is 20.9 Å². The molecule has 1 aliphatic heterocycles. The molecular formula is C17H21N3O3. The van der Waals surface area contributed by atoms with E-state index in [2.05, 4.69) is 10.3 Å². The van der Waals surface area contributed by atoms with Crippen LogP contribution in [0.4, 0.5) is 0 Å². The lowest BCUT2D eigenvalue weighted by atomic mass is 9.81. The van der Waals surface area contributed by atoms with Crippen molar-refractivity contribution in [3.05, 3.63) is 30.1 Å². The highest BCUT2D eigenvalue weighted by atomic mass is 16.2. The Labute approximate surface area is 135 Å². The van der Waals surface area contributed by atoms with Crippen molar-refractivity contribution >= 4 is 17.7 Å². The van der Waals surface area contributed by atoms with Crippen molar-refractivity contribution < 1.29 is 14.4 Å². The number of carbonyl (C=O) groups is 3. The van der Waals surface area contributed by atoms with Gasteiger partial charge in [-0.05, 0) is 24.5 Å². The van der Waals surface area contributed by atoms with Gasteiger partial charge in [0.15, 0.2) is 0 Å². The summed E-state index contributed by atoms with van der Waals surface area (Å²) in [6.07, 6.45) is 7.15. The minimum absolute atomic E-state index is 0.0836. The molecular weight excluding hydrogens is 294 g/mol. The number of aromatic nitrogens is 1. The van der Waals surface area contributed by atoms with Crippen LogP contribution in [0.1, 0.15) is 37.7 Å². The van der Waals surface area contributed by atoms with Gasteiger partial charge in [0.1, 0.15) is 0 Å². The highest BCUT2D eigenvalue weighted by Gasteiger charge is 2.47. The number of rotatable bonds is 5. The fourth-order valence-corrected chi connectivity index (χ4v) is 3.46. The molecule has 3 rings (SSSR count). The molecule has 23 heavy (non-hydrogen) atoms. The third-order valence-corrected chi connectivity index (χ3v) is 4.71. The number of pyridine rings is 1. The van der Waals surface area contributed by atoms with Crippen molar-refractivity contribution in [2.75, 3.05) is 6.54 Å². The summed E-state index contributed by atoms with van der Waals surface area (Å²) < 4.78 is 0. The first-order chi connectivity index (χ1) is 11.2. The van der Waals surface area contributed by atoms with E-state index in [0.29, 0.717) is 6.54 Å². The van der Waals surface area contributed by atoms with Crippen LogP contribution in [0.15, 0.2) is 24.5 Å².